The lowest BCUT2D eigenvalue weighted by Crippen LogP contribution is -2.47. The van der Waals surface area contributed by atoms with Crippen LogP contribution in [0.2, 0.25) is 0 Å². The lowest BCUT2D eigenvalue weighted by atomic mass is 9.87. The van der Waals surface area contributed by atoms with Gasteiger partial charge in [-0.05, 0) is 44.9 Å². The minimum Gasteiger partial charge on any atom is -0.373 e. The summed E-state index contributed by atoms with van der Waals surface area (Å²) in [6, 6.07) is 0.373. The summed E-state index contributed by atoms with van der Waals surface area (Å²) in [6.45, 7) is 4.12. The Morgan fingerprint density at radius 2 is 1.92 bits per heavy atom. The Kier molecular flexibility index (Phi) is 9.45. The van der Waals surface area contributed by atoms with E-state index in [1.54, 1.807) is 0 Å². The number of carbonyl (C=O) groups is 1. The molecule has 7 heteroatoms. The Hall–Kier alpha value is -0.570. The molecule has 26 heavy (non-hydrogen) atoms. The zero-order valence-corrected chi connectivity index (χ0v) is 18.3. The van der Waals surface area contributed by atoms with Gasteiger partial charge in [0.05, 0.1) is 24.8 Å². The third kappa shape index (κ3) is 6.55. The number of hydrogen-bond donors (Lipinski definition) is 3. The molecule has 1 saturated carbocycles. The van der Waals surface area contributed by atoms with E-state index >= 15 is 0 Å². The van der Waals surface area contributed by atoms with Crippen LogP contribution in [-0.4, -0.2) is 49.8 Å². The van der Waals surface area contributed by atoms with Gasteiger partial charge in [-0.3, -0.25) is 9.79 Å². The van der Waals surface area contributed by atoms with Crippen molar-refractivity contribution in [3.63, 3.8) is 0 Å². The molecule has 1 amide bonds. The molecule has 3 rings (SSSR count). The predicted octanol–water partition coefficient (Wildman–Crippen LogP) is 2.57. The largest absolute Gasteiger partial charge is 0.373 e. The molecular formula is C19H35IN4O2. The van der Waals surface area contributed by atoms with Crippen molar-refractivity contribution in [2.24, 2.45) is 10.9 Å². The highest BCUT2D eigenvalue weighted by Crippen LogP contribution is 2.34. The van der Waals surface area contributed by atoms with Crippen molar-refractivity contribution in [3.05, 3.63) is 0 Å². The number of carbonyl (C=O) groups excluding carboxylic acids is 1. The highest BCUT2D eigenvalue weighted by Gasteiger charge is 2.41. The normalized spacial score (nSPS) is 28.5. The third-order valence-corrected chi connectivity index (χ3v) is 5.68. The fourth-order valence-corrected chi connectivity index (χ4v) is 4.37. The van der Waals surface area contributed by atoms with Gasteiger partial charge in [-0.15, -0.1) is 24.0 Å². The van der Waals surface area contributed by atoms with Crippen molar-refractivity contribution < 1.29 is 9.53 Å². The molecular weight excluding hydrogens is 443 g/mol. The molecule has 150 valence electrons. The van der Waals surface area contributed by atoms with Crippen LogP contribution in [0.3, 0.4) is 0 Å². The van der Waals surface area contributed by atoms with Crippen LogP contribution in [0.1, 0.15) is 64.7 Å². The van der Waals surface area contributed by atoms with Crippen LogP contribution in [0, 0.1) is 5.92 Å². The quantitative estimate of drug-likeness (QED) is 0.228. The highest BCUT2D eigenvalue weighted by molar-refractivity contribution is 14.0. The summed E-state index contributed by atoms with van der Waals surface area (Å²) in [7, 11) is 0. The minimum atomic E-state index is 0. The van der Waals surface area contributed by atoms with Gasteiger partial charge >= 0.3 is 0 Å². The van der Waals surface area contributed by atoms with E-state index in [2.05, 4.69) is 27.9 Å². The number of rotatable bonds is 7. The second kappa shape index (κ2) is 11.3. The molecule has 0 aromatic rings. The molecule has 6 nitrogen and oxygen atoms in total. The van der Waals surface area contributed by atoms with E-state index in [0.717, 1.165) is 25.3 Å². The Morgan fingerprint density at radius 3 is 2.58 bits per heavy atom. The van der Waals surface area contributed by atoms with Crippen molar-refractivity contribution in [3.8, 4) is 0 Å². The molecule has 0 spiro atoms. The molecule has 2 bridgehead atoms. The summed E-state index contributed by atoms with van der Waals surface area (Å²) in [4.78, 5) is 16.6. The fourth-order valence-electron chi connectivity index (χ4n) is 4.37. The molecule has 3 unspecified atom stereocenters. The lowest BCUT2D eigenvalue weighted by molar-refractivity contribution is -0.122. The van der Waals surface area contributed by atoms with E-state index in [9.17, 15) is 4.79 Å². The summed E-state index contributed by atoms with van der Waals surface area (Å²) in [6.07, 6.45) is 11.2. The number of guanidine groups is 1. The van der Waals surface area contributed by atoms with Crippen molar-refractivity contribution in [2.75, 3.05) is 19.6 Å². The minimum absolute atomic E-state index is 0. The van der Waals surface area contributed by atoms with Crippen LogP contribution in [0.4, 0.5) is 0 Å². The van der Waals surface area contributed by atoms with Crippen LogP contribution in [-0.2, 0) is 9.53 Å². The van der Waals surface area contributed by atoms with Gasteiger partial charge in [-0.1, -0.05) is 19.3 Å². The van der Waals surface area contributed by atoms with E-state index in [4.69, 9.17) is 4.74 Å². The Bertz CT molecular complexity index is 468. The van der Waals surface area contributed by atoms with Gasteiger partial charge in [-0.2, -0.15) is 0 Å². The number of ether oxygens (including phenoxy) is 1. The first-order valence-electron chi connectivity index (χ1n) is 10.2. The lowest BCUT2D eigenvalue weighted by Gasteiger charge is -2.22. The monoisotopic (exact) mass is 478 g/mol. The fraction of sp³-hybridized carbons (Fsp3) is 0.895. The van der Waals surface area contributed by atoms with Gasteiger partial charge in [0, 0.05) is 19.5 Å². The first kappa shape index (κ1) is 21.7. The molecule has 1 aliphatic carbocycles. The molecule has 3 atom stereocenters. The molecule has 3 aliphatic rings. The van der Waals surface area contributed by atoms with Crippen LogP contribution in [0.15, 0.2) is 4.99 Å². The van der Waals surface area contributed by atoms with Crippen LogP contribution >= 0.6 is 24.0 Å². The topological polar surface area (TPSA) is 74.8 Å². The Balaban J connectivity index is 0.00000243. The Labute approximate surface area is 174 Å². The Morgan fingerprint density at radius 1 is 1.12 bits per heavy atom. The summed E-state index contributed by atoms with van der Waals surface area (Å²) < 4.78 is 5.89. The first-order valence-corrected chi connectivity index (χ1v) is 10.2. The van der Waals surface area contributed by atoms with Crippen LogP contribution < -0.4 is 16.0 Å². The number of halogens is 1. The molecule has 2 heterocycles. The third-order valence-electron chi connectivity index (χ3n) is 5.68. The van der Waals surface area contributed by atoms with E-state index < -0.39 is 0 Å². The maximum Gasteiger partial charge on any atom is 0.220 e. The molecule has 0 radical (unpaired) electrons. The van der Waals surface area contributed by atoms with Crippen LogP contribution in [0.5, 0.6) is 0 Å². The van der Waals surface area contributed by atoms with E-state index in [1.165, 1.54) is 38.5 Å². The zero-order chi connectivity index (χ0) is 17.5. The summed E-state index contributed by atoms with van der Waals surface area (Å²) >= 11 is 0. The number of amides is 1. The van der Waals surface area contributed by atoms with Crippen molar-refractivity contribution >= 4 is 35.8 Å². The first-order chi connectivity index (χ1) is 12.2. The number of nitrogens with one attached hydrogen (secondary N) is 3. The van der Waals surface area contributed by atoms with E-state index in [1.807, 2.05) is 0 Å². The molecule has 0 aromatic carbocycles. The molecule has 0 aromatic heterocycles. The van der Waals surface area contributed by atoms with Crippen molar-refractivity contribution in [1.29, 1.82) is 0 Å². The number of fused-ring (bicyclic) bond motifs is 2. The SMILES string of the molecule is CCNC(=NCCNC(=O)CC1CCCCC1)NC1CC2CCC1O2.I. The van der Waals surface area contributed by atoms with Gasteiger partial charge in [0.15, 0.2) is 5.96 Å². The second-order valence-corrected chi connectivity index (χ2v) is 7.68. The highest BCUT2D eigenvalue weighted by atomic mass is 127. The van der Waals surface area contributed by atoms with Gasteiger partial charge in [0.2, 0.25) is 5.91 Å². The van der Waals surface area contributed by atoms with Gasteiger partial charge in [0.25, 0.3) is 0 Å². The van der Waals surface area contributed by atoms with Crippen molar-refractivity contribution in [1.82, 2.24) is 16.0 Å². The number of hydrogen-bond acceptors (Lipinski definition) is 3. The summed E-state index contributed by atoms with van der Waals surface area (Å²) in [5.74, 6) is 1.61. The van der Waals surface area contributed by atoms with Gasteiger partial charge in [0.1, 0.15) is 0 Å². The van der Waals surface area contributed by atoms with Crippen LogP contribution in [0.25, 0.3) is 0 Å². The van der Waals surface area contributed by atoms with Gasteiger partial charge in [-0.25, -0.2) is 0 Å². The molecule has 3 fully saturated rings. The average Bonchev–Trinajstić information content (AvgIpc) is 3.22. The smallest absolute Gasteiger partial charge is 0.220 e. The molecule has 2 aliphatic heterocycles. The average molecular weight is 478 g/mol. The maximum absolute atomic E-state index is 12.0. The summed E-state index contributed by atoms with van der Waals surface area (Å²) in [5, 5.41) is 9.82. The molecule has 2 saturated heterocycles. The second-order valence-electron chi connectivity index (χ2n) is 7.68. The number of nitrogens with zero attached hydrogens (tertiary/aromatic N) is 1. The summed E-state index contributed by atoms with van der Waals surface area (Å²) in [5.41, 5.74) is 0. The van der Waals surface area contributed by atoms with E-state index in [-0.39, 0.29) is 29.9 Å². The van der Waals surface area contributed by atoms with Gasteiger partial charge < -0.3 is 20.7 Å². The number of aliphatic imine (C=N–C) groups is 1. The van der Waals surface area contributed by atoms with E-state index in [0.29, 0.717) is 43.7 Å². The zero-order valence-electron chi connectivity index (χ0n) is 16.0. The molecule has 3 N–H and O–H groups in total. The van der Waals surface area contributed by atoms with Crippen molar-refractivity contribution in [2.45, 2.75) is 83.0 Å². The maximum atomic E-state index is 12.0. The standard InChI is InChI=1S/C19H34N4O2.HI/c1-2-20-19(23-16-13-15-8-9-17(16)25-15)22-11-10-21-18(24)12-14-6-4-3-5-7-14;/h14-17H,2-13H2,1H3,(H,21,24)(H2,20,22,23);1H. The predicted molar refractivity (Wildman–Crippen MR) is 115 cm³/mol.